The highest BCUT2D eigenvalue weighted by Crippen LogP contribution is 2.36. The third-order valence-corrected chi connectivity index (χ3v) is 5.81. The van der Waals surface area contributed by atoms with Crippen LogP contribution >= 0.6 is 31.9 Å². The van der Waals surface area contributed by atoms with Crippen LogP contribution in [-0.2, 0) is 0 Å². The van der Waals surface area contributed by atoms with Crippen molar-refractivity contribution in [3.8, 4) is 5.75 Å². The van der Waals surface area contributed by atoms with Crippen molar-refractivity contribution in [2.24, 2.45) is 4.99 Å². The molecule has 0 saturated heterocycles. The molecule has 3 nitrogen and oxygen atoms in total. The Labute approximate surface area is 179 Å². The van der Waals surface area contributed by atoms with Gasteiger partial charge in [0.1, 0.15) is 17.7 Å². The van der Waals surface area contributed by atoms with Crippen molar-refractivity contribution in [2.45, 2.75) is 18.6 Å². The molecule has 1 aliphatic rings. The van der Waals surface area contributed by atoms with E-state index in [1.54, 1.807) is 30.3 Å². The molecule has 0 amide bonds. The van der Waals surface area contributed by atoms with Gasteiger partial charge in [-0.1, -0.05) is 62.2 Å². The topological polar surface area (TPSA) is 44.6 Å². The lowest BCUT2D eigenvalue weighted by Crippen LogP contribution is -2.33. The molecule has 6 heteroatoms. The summed E-state index contributed by atoms with van der Waals surface area (Å²) in [7, 11) is 0. The summed E-state index contributed by atoms with van der Waals surface area (Å²) in [5, 5.41) is 13.8. The van der Waals surface area contributed by atoms with E-state index in [-0.39, 0.29) is 17.6 Å². The van der Waals surface area contributed by atoms with Crippen molar-refractivity contribution in [3.63, 3.8) is 0 Å². The third-order valence-electron chi connectivity index (χ3n) is 4.78. The first-order chi connectivity index (χ1) is 13.5. The molecule has 142 valence electrons. The number of rotatable bonds is 3. The van der Waals surface area contributed by atoms with Gasteiger partial charge in [-0.15, -0.1) is 0 Å². The summed E-state index contributed by atoms with van der Waals surface area (Å²) in [5.74, 6) is -0.108. The Morgan fingerprint density at radius 2 is 1.64 bits per heavy atom. The summed E-state index contributed by atoms with van der Waals surface area (Å²) >= 11 is 6.92. The molecular weight excluding hydrogens is 487 g/mol. The van der Waals surface area contributed by atoms with Crippen LogP contribution in [0, 0.1) is 5.82 Å². The van der Waals surface area contributed by atoms with Crippen LogP contribution < -0.4 is 5.32 Å². The van der Waals surface area contributed by atoms with Gasteiger partial charge in [0.05, 0.1) is 0 Å². The molecule has 0 spiro atoms. The van der Waals surface area contributed by atoms with Gasteiger partial charge < -0.3 is 5.11 Å². The lowest BCUT2D eigenvalue weighted by Gasteiger charge is -2.31. The van der Waals surface area contributed by atoms with E-state index in [1.807, 2.05) is 30.3 Å². The summed E-state index contributed by atoms with van der Waals surface area (Å²) in [6, 6.07) is 19.7. The summed E-state index contributed by atoms with van der Waals surface area (Å²) in [5.41, 5.74) is 3.07. The number of aliphatic imine (C=N–C) groups is 1. The van der Waals surface area contributed by atoms with Crippen LogP contribution in [0.2, 0.25) is 0 Å². The maximum atomic E-state index is 14.5. The van der Waals surface area contributed by atoms with Crippen LogP contribution in [0.25, 0.3) is 0 Å². The number of nitrogens with zero attached hydrogens (tertiary/aromatic N) is 1. The third kappa shape index (κ3) is 4.04. The molecule has 1 aliphatic heterocycles. The number of aromatic hydroxyl groups is 1. The minimum Gasteiger partial charge on any atom is -0.508 e. The van der Waals surface area contributed by atoms with Gasteiger partial charge in [-0.05, 0) is 42.0 Å². The molecule has 0 radical (unpaired) electrons. The van der Waals surface area contributed by atoms with Crippen molar-refractivity contribution in [3.05, 3.63) is 98.2 Å². The maximum absolute atomic E-state index is 14.5. The molecule has 2 unspecified atom stereocenters. The Bertz CT molecular complexity index is 1040. The molecule has 3 aromatic rings. The molecule has 0 bridgehead atoms. The molecule has 0 fully saturated rings. The quantitative estimate of drug-likeness (QED) is 0.441. The number of hydrogen-bond donors (Lipinski definition) is 2. The molecule has 0 aliphatic carbocycles. The first-order valence-electron chi connectivity index (χ1n) is 8.83. The van der Waals surface area contributed by atoms with E-state index in [2.05, 4.69) is 37.2 Å². The SMILES string of the molecule is Oc1ccc(Br)cc1C1CC(c2ccc(Br)cc2)=NC(c2ccccc2F)N1. The van der Waals surface area contributed by atoms with E-state index in [0.717, 1.165) is 25.8 Å². The molecule has 0 aromatic heterocycles. The number of phenolic OH excluding ortho intramolecular Hbond substituents is 1. The highest BCUT2D eigenvalue weighted by molar-refractivity contribution is 9.10. The van der Waals surface area contributed by atoms with E-state index in [0.29, 0.717) is 12.0 Å². The molecule has 28 heavy (non-hydrogen) atoms. The average Bonchev–Trinajstić information content (AvgIpc) is 2.70. The highest BCUT2D eigenvalue weighted by Gasteiger charge is 2.29. The highest BCUT2D eigenvalue weighted by atomic mass is 79.9. The predicted octanol–water partition coefficient (Wildman–Crippen LogP) is 6.28. The van der Waals surface area contributed by atoms with E-state index < -0.39 is 6.17 Å². The Morgan fingerprint density at radius 1 is 0.929 bits per heavy atom. The number of nitrogens with one attached hydrogen (secondary N) is 1. The van der Waals surface area contributed by atoms with Gasteiger partial charge in [0.2, 0.25) is 0 Å². The Morgan fingerprint density at radius 3 is 2.39 bits per heavy atom. The number of hydrogen-bond acceptors (Lipinski definition) is 3. The Balaban J connectivity index is 1.79. The van der Waals surface area contributed by atoms with Gasteiger partial charge in [0.25, 0.3) is 0 Å². The second-order valence-corrected chi connectivity index (χ2v) is 8.46. The fourth-order valence-corrected chi connectivity index (χ4v) is 4.03. The molecule has 4 rings (SSSR count). The molecule has 3 aromatic carbocycles. The average molecular weight is 504 g/mol. The van der Waals surface area contributed by atoms with Gasteiger partial charge >= 0.3 is 0 Å². The minimum atomic E-state index is -0.544. The lowest BCUT2D eigenvalue weighted by atomic mass is 9.93. The van der Waals surface area contributed by atoms with Crippen LogP contribution in [0.15, 0.2) is 80.7 Å². The second-order valence-electron chi connectivity index (χ2n) is 6.63. The van der Waals surface area contributed by atoms with Crippen molar-refractivity contribution in [2.75, 3.05) is 0 Å². The normalized spacial score (nSPS) is 19.3. The molecule has 1 heterocycles. The Hall–Kier alpha value is -2.02. The standard InChI is InChI=1S/C22H17Br2FN2O/c23-14-7-5-13(6-8-14)19-12-20(17-11-15(24)9-10-21(17)28)27-22(26-19)16-3-1-2-4-18(16)25/h1-11,20,22,27-28H,12H2. The fourth-order valence-electron chi connectivity index (χ4n) is 3.38. The Kier molecular flexibility index (Phi) is 5.62. The molecular formula is C22H17Br2FN2O. The lowest BCUT2D eigenvalue weighted by molar-refractivity contribution is 0.405. The van der Waals surface area contributed by atoms with Gasteiger partial charge in [0, 0.05) is 38.2 Å². The van der Waals surface area contributed by atoms with Gasteiger partial charge in [-0.3, -0.25) is 10.3 Å². The van der Waals surface area contributed by atoms with Crippen LogP contribution in [0.4, 0.5) is 4.39 Å². The zero-order chi connectivity index (χ0) is 19.7. The summed E-state index contributed by atoms with van der Waals surface area (Å²) in [6.07, 6.45) is 0.0355. The van der Waals surface area contributed by atoms with Gasteiger partial charge in [-0.25, -0.2) is 4.39 Å². The van der Waals surface area contributed by atoms with Crippen LogP contribution in [0.3, 0.4) is 0 Å². The maximum Gasteiger partial charge on any atom is 0.129 e. The van der Waals surface area contributed by atoms with Gasteiger partial charge in [-0.2, -0.15) is 0 Å². The van der Waals surface area contributed by atoms with Crippen molar-refractivity contribution >= 4 is 37.6 Å². The fraction of sp³-hybridized carbons (Fsp3) is 0.136. The first kappa shape index (κ1) is 19.3. The van der Waals surface area contributed by atoms with E-state index in [1.165, 1.54) is 6.07 Å². The minimum absolute atomic E-state index is 0.199. The van der Waals surface area contributed by atoms with Crippen LogP contribution in [0.5, 0.6) is 5.75 Å². The number of benzene rings is 3. The second kappa shape index (κ2) is 8.15. The summed E-state index contributed by atoms with van der Waals surface area (Å²) in [6.45, 7) is 0. The monoisotopic (exact) mass is 502 g/mol. The summed E-state index contributed by atoms with van der Waals surface area (Å²) in [4.78, 5) is 4.80. The van der Waals surface area contributed by atoms with E-state index in [9.17, 15) is 9.50 Å². The van der Waals surface area contributed by atoms with E-state index >= 15 is 0 Å². The van der Waals surface area contributed by atoms with Gasteiger partial charge in [0.15, 0.2) is 0 Å². The zero-order valence-electron chi connectivity index (χ0n) is 14.7. The van der Waals surface area contributed by atoms with Crippen molar-refractivity contribution in [1.29, 1.82) is 0 Å². The zero-order valence-corrected chi connectivity index (χ0v) is 17.9. The number of phenols is 1. The number of halogens is 3. The summed E-state index contributed by atoms with van der Waals surface area (Å²) < 4.78 is 16.3. The molecule has 0 saturated carbocycles. The van der Waals surface area contributed by atoms with Crippen LogP contribution in [-0.4, -0.2) is 10.8 Å². The smallest absolute Gasteiger partial charge is 0.129 e. The first-order valence-corrected chi connectivity index (χ1v) is 10.4. The largest absolute Gasteiger partial charge is 0.508 e. The van der Waals surface area contributed by atoms with Crippen LogP contribution in [0.1, 0.15) is 35.3 Å². The molecule has 2 atom stereocenters. The molecule has 2 N–H and O–H groups in total. The van der Waals surface area contributed by atoms with Crippen molar-refractivity contribution < 1.29 is 9.50 Å². The predicted molar refractivity (Wildman–Crippen MR) is 116 cm³/mol. The van der Waals surface area contributed by atoms with E-state index in [4.69, 9.17) is 4.99 Å². The van der Waals surface area contributed by atoms with Crippen molar-refractivity contribution in [1.82, 2.24) is 5.32 Å².